The zero-order valence-electron chi connectivity index (χ0n) is 16.3. The fraction of sp³-hybridized carbons (Fsp3) is 0.130. The molecular weight excluding hydrogens is 497 g/mol. The van der Waals surface area contributed by atoms with E-state index >= 15 is 0 Å². The van der Waals surface area contributed by atoms with Crippen LogP contribution in [0.3, 0.4) is 0 Å². The van der Waals surface area contributed by atoms with Crippen LogP contribution in [-0.4, -0.2) is 10.5 Å². The number of benzene rings is 2. The largest absolute Gasteiger partial charge is 0.321 e. The normalized spacial score (nSPS) is 11.2. The van der Waals surface area contributed by atoms with Gasteiger partial charge in [-0.2, -0.15) is 5.26 Å². The van der Waals surface area contributed by atoms with E-state index in [4.69, 9.17) is 11.6 Å². The van der Waals surface area contributed by atoms with E-state index in [9.17, 15) is 10.1 Å². The van der Waals surface area contributed by atoms with E-state index in [1.54, 1.807) is 18.2 Å². The summed E-state index contributed by atoms with van der Waals surface area (Å²) in [5.74, 6) is -0.466. The van der Waals surface area contributed by atoms with Gasteiger partial charge < -0.3 is 9.88 Å². The van der Waals surface area contributed by atoms with Gasteiger partial charge in [-0.05, 0) is 97.0 Å². The van der Waals surface area contributed by atoms with Crippen LogP contribution in [0.15, 0.2) is 54.1 Å². The predicted octanol–water partition coefficient (Wildman–Crippen LogP) is 6.21. The summed E-state index contributed by atoms with van der Waals surface area (Å²) >= 11 is 8.40. The molecular formula is C23H19ClIN3O. The molecule has 0 saturated heterocycles. The molecule has 6 heteroatoms. The summed E-state index contributed by atoms with van der Waals surface area (Å²) in [6, 6.07) is 17.4. The van der Waals surface area contributed by atoms with E-state index in [-0.39, 0.29) is 5.57 Å². The monoisotopic (exact) mass is 515 g/mol. The number of amides is 1. The number of aromatic nitrogens is 1. The molecule has 0 saturated carbocycles. The number of aryl methyl sites for hydroxylation is 2. The highest BCUT2D eigenvalue weighted by atomic mass is 127. The summed E-state index contributed by atoms with van der Waals surface area (Å²) in [7, 11) is 0. The van der Waals surface area contributed by atoms with Crippen molar-refractivity contribution in [2.75, 3.05) is 5.32 Å². The molecule has 2 aromatic carbocycles. The average molecular weight is 516 g/mol. The Bertz CT molecular complexity index is 1170. The number of carbonyl (C=O) groups excluding carboxylic acids is 1. The highest BCUT2D eigenvalue weighted by Gasteiger charge is 2.14. The number of anilines is 1. The minimum atomic E-state index is -0.466. The van der Waals surface area contributed by atoms with Gasteiger partial charge >= 0.3 is 0 Å². The maximum Gasteiger partial charge on any atom is 0.266 e. The van der Waals surface area contributed by atoms with E-state index in [0.29, 0.717) is 10.7 Å². The lowest BCUT2D eigenvalue weighted by Crippen LogP contribution is -2.13. The molecule has 29 heavy (non-hydrogen) atoms. The number of hydrogen-bond donors (Lipinski definition) is 1. The Balaban J connectivity index is 1.93. The van der Waals surface area contributed by atoms with Crippen molar-refractivity contribution in [3.63, 3.8) is 0 Å². The molecule has 1 amide bonds. The van der Waals surface area contributed by atoms with Crippen LogP contribution in [0.5, 0.6) is 0 Å². The third kappa shape index (κ3) is 4.72. The number of rotatable bonds is 4. The van der Waals surface area contributed by atoms with Crippen molar-refractivity contribution in [1.82, 2.24) is 4.57 Å². The molecule has 146 valence electrons. The maximum atomic E-state index is 12.6. The summed E-state index contributed by atoms with van der Waals surface area (Å²) in [5, 5.41) is 12.8. The topological polar surface area (TPSA) is 57.8 Å². The molecule has 0 spiro atoms. The Labute approximate surface area is 188 Å². The lowest BCUT2D eigenvalue weighted by atomic mass is 10.1. The van der Waals surface area contributed by atoms with Gasteiger partial charge in [0.1, 0.15) is 11.6 Å². The number of nitrogens with one attached hydrogen (secondary N) is 1. The SMILES string of the molecule is Cc1ccc(NC(=O)/C(C#N)=C\c2cc(C)n(-c3cccc(I)c3)c2C)cc1Cl. The van der Waals surface area contributed by atoms with Gasteiger partial charge in [-0.3, -0.25) is 4.79 Å². The summed E-state index contributed by atoms with van der Waals surface area (Å²) < 4.78 is 3.25. The summed E-state index contributed by atoms with van der Waals surface area (Å²) in [6.07, 6.45) is 1.62. The van der Waals surface area contributed by atoms with Crippen molar-refractivity contribution in [2.45, 2.75) is 20.8 Å². The van der Waals surface area contributed by atoms with Gasteiger partial charge in [0.15, 0.2) is 0 Å². The molecule has 0 radical (unpaired) electrons. The molecule has 0 atom stereocenters. The van der Waals surface area contributed by atoms with Gasteiger partial charge in [0.05, 0.1) is 0 Å². The summed E-state index contributed by atoms with van der Waals surface area (Å²) in [4.78, 5) is 12.6. The number of nitrogens with zero attached hydrogens (tertiary/aromatic N) is 2. The van der Waals surface area contributed by atoms with E-state index in [0.717, 1.165) is 31.8 Å². The molecule has 0 aliphatic rings. The minimum Gasteiger partial charge on any atom is -0.321 e. The third-order valence-corrected chi connectivity index (χ3v) is 5.71. The van der Waals surface area contributed by atoms with Crippen LogP contribution in [-0.2, 0) is 4.79 Å². The lowest BCUT2D eigenvalue weighted by Gasteiger charge is -2.10. The van der Waals surface area contributed by atoms with Crippen LogP contribution >= 0.6 is 34.2 Å². The first kappa shape index (κ1) is 21.2. The van der Waals surface area contributed by atoms with Gasteiger partial charge in [-0.1, -0.05) is 23.7 Å². The third-order valence-electron chi connectivity index (χ3n) is 4.63. The second kappa shape index (κ2) is 8.85. The summed E-state index contributed by atoms with van der Waals surface area (Å²) in [6.45, 7) is 5.87. The van der Waals surface area contributed by atoms with Crippen LogP contribution in [0.25, 0.3) is 11.8 Å². The quantitative estimate of drug-likeness (QED) is 0.255. The molecule has 0 fully saturated rings. The highest BCUT2D eigenvalue weighted by molar-refractivity contribution is 14.1. The standard InChI is InChI=1S/C23H19ClIN3O/c1-14-7-8-20(12-22(14)24)27-23(29)18(13-26)10-17-9-15(2)28(16(17)3)21-6-4-5-19(25)11-21/h4-12H,1-3H3,(H,27,29)/b18-10-. The van der Waals surface area contributed by atoms with Gasteiger partial charge in [0, 0.05) is 31.4 Å². The molecule has 3 rings (SSSR count). The molecule has 1 aromatic heterocycles. The Hall–Kier alpha value is -2.56. The number of hydrogen-bond acceptors (Lipinski definition) is 2. The molecule has 0 unspecified atom stereocenters. The Morgan fingerprint density at radius 3 is 2.59 bits per heavy atom. The number of nitriles is 1. The molecule has 1 heterocycles. The second-order valence-corrected chi connectivity index (χ2v) is 8.38. The fourth-order valence-electron chi connectivity index (χ4n) is 3.12. The van der Waals surface area contributed by atoms with E-state index < -0.39 is 5.91 Å². The molecule has 0 bridgehead atoms. The molecule has 0 aliphatic carbocycles. The molecule has 0 aliphatic heterocycles. The highest BCUT2D eigenvalue weighted by Crippen LogP contribution is 2.25. The van der Waals surface area contributed by atoms with Crippen molar-refractivity contribution in [3.8, 4) is 11.8 Å². The van der Waals surface area contributed by atoms with Gasteiger partial charge in [0.25, 0.3) is 5.91 Å². The Kier molecular flexibility index (Phi) is 6.46. The van der Waals surface area contributed by atoms with Crippen LogP contribution < -0.4 is 5.32 Å². The van der Waals surface area contributed by atoms with Crippen molar-refractivity contribution in [1.29, 1.82) is 5.26 Å². The van der Waals surface area contributed by atoms with E-state index in [1.807, 2.05) is 57.2 Å². The smallest absolute Gasteiger partial charge is 0.266 e. The first-order valence-corrected chi connectivity index (χ1v) is 10.4. The van der Waals surface area contributed by atoms with Crippen molar-refractivity contribution in [3.05, 3.63) is 85.2 Å². The van der Waals surface area contributed by atoms with E-state index in [2.05, 4.69) is 38.5 Å². The number of halogens is 2. The Morgan fingerprint density at radius 2 is 1.93 bits per heavy atom. The first-order chi connectivity index (χ1) is 13.8. The lowest BCUT2D eigenvalue weighted by molar-refractivity contribution is -0.112. The van der Waals surface area contributed by atoms with Crippen LogP contribution in [0.1, 0.15) is 22.5 Å². The predicted molar refractivity (Wildman–Crippen MR) is 126 cm³/mol. The van der Waals surface area contributed by atoms with Crippen LogP contribution in [0, 0.1) is 35.7 Å². The molecule has 3 aromatic rings. The van der Waals surface area contributed by atoms with Crippen molar-refractivity contribution < 1.29 is 4.79 Å². The molecule has 1 N–H and O–H groups in total. The second-order valence-electron chi connectivity index (χ2n) is 6.73. The van der Waals surface area contributed by atoms with Crippen molar-refractivity contribution >= 4 is 51.9 Å². The van der Waals surface area contributed by atoms with Gasteiger partial charge in [-0.25, -0.2) is 0 Å². The number of carbonyl (C=O) groups is 1. The van der Waals surface area contributed by atoms with Crippen molar-refractivity contribution in [2.24, 2.45) is 0 Å². The van der Waals surface area contributed by atoms with Gasteiger partial charge in [0.2, 0.25) is 0 Å². The van der Waals surface area contributed by atoms with E-state index in [1.165, 1.54) is 0 Å². The maximum absolute atomic E-state index is 12.6. The zero-order valence-corrected chi connectivity index (χ0v) is 19.2. The van der Waals surface area contributed by atoms with Crippen LogP contribution in [0.2, 0.25) is 5.02 Å². The van der Waals surface area contributed by atoms with Crippen LogP contribution in [0.4, 0.5) is 5.69 Å². The zero-order chi connectivity index (χ0) is 21.1. The Morgan fingerprint density at radius 1 is 1.17 bits per heavy atom. The van der Waals surface area contributed by atoms with Gasteiger partial charge in [-0.15, -0.1) is 0 Å². The minimum absolute atomic E-state index is 0.0320. The summed E-state index contributed by atoms with van der Waals surface area (Å²) in [5.41, 5.74) is 5.37. The first-order valence-electron chi connectivity index (χ1n) is 8.94. The fourth-order valence-corrected chi connectivity index (χ4v) is 3.83. The average Bonchev–Trinajstić information content (AvgIpc) is 2.95. The molecule has 4 nitrogen and oxygen atoms in total.